The Hall–Kier alpha value is 1.51. The first kappa shape index (κ1) is 27.5. The van der Waals surface area contributed by atoms with Crippen molar-refractivity contribution in [1.29, 1.82) is 0 Å². The lowest BCUT2D eigenvalue weighted by Crippen LogP contribution is -2.85. The maximum absolute atomic E-state index is 11.1. The summed E-state index contributed by atoms with van der Waals surface area (Å²) in [4.78, 5) is 0. The normalized spacial score (nSPS) is 17.5. The molecule has 3 atom stereocenters. The first-order valence-corrected chi connectivity index (χ1v) is 28.6. The van der Waals surface area contributed by atoms with Crippen LogP contribution >= 0.6 is 45.2 Å². The molecule has 0 fully saturated rings. The number of hydrogen-bond donors (Lipinski definition) is 1. The third-order valence-corrected chi connectivity index (χ3v) is 82.6. The van der Waals surface area contributed by atoms with Crippen LogP contribution in [0, 0.1) is 0 Å². The van der Waals surface area contributed by atoms with Crippen LogP contribution in [0.1, 0.15) is 24.8 Å². The van der Waals surface area contributed by atoms with Crippen LogP contribution in [0.3, 0.4) is 0 Å². The van der Waals surface area contributed by atoms with E-state index in [1.54, 1.807) is 0 Å². The highest BCUT2D eigenvalue weighted by Crippen LogP contribution is 2.52. The zero-order chi connectivity index (χ0) is 22.1. The van der Waals surface area contributed by atoms with Crippen molar-refractivity contribution in [1.82, 2.24) is 0 Å². The van der Waals surface area contributed by atoms with Gasteiger partial charge in [0.2, 0.25) is 0 Å². The third-order valence-electron chi connectivity index (χ3n) is 6.82. The summed E-state index contributed by atoms with van der Waals surface area (Å²) in [5.41, 5.74) is 2.15. The molecule has 0 saturated carbocycles. The number of rotatable bonds is 9. The number of aliphatic hydroxyl groups is 1. The van der Waals surface area contributed by atoms with E-state index in [2.05, 4.69) is 141 Å². The van der Waals surface area contributed by atoms with Crippen LogP contribution in [0.4, 0.5) is 0 Å². The molecular weight excluding hydrogens is 634 g/mol. The lowest BCUT2D eigenvalue weighted by atomic mass is 9.94. The smallest absolute Gasteiger partial charge is 0.0884 e. The van der Waals surface area contributed by atoms with Crippen molar-refractivity contribution in [2.24, 2.45) is 0 Å². The minimum atomic E-state index is -1.63. The van der Waals surface area contributed by atoms with Gasteiger partial charge in [-0.2, -0.15) is 0 Å². The molecule has 1 aromatic rings. The maximum Gasteiger partial charge on any atom is 0.0884 e. The van der Waals surface area contributed by atoms with Gasteiger partial charge in [0.05, 0.1) is 8.04 Å². The summed E-state index contributed by atoms with van der Waals surface area (Å²) in [6.45, 7) is 25.0. The largest absolute Gasteiger partial charge is 0.391 e. The molecule has 0 saturated heterocycles. The molecule has 0 aliphatic heterocycles. The van der Waals surface area contributed by atoms with Crippen molar-refractivity contribution < 1.29 is 5.11 Å². The molecule has 7 heteroatoms. The fraction of sp³-hybridized carbons (Fsp3) is 0.714. The Labute approximate surface area is 205 Å². The second kappa shape index (κ2) is 9.97. The first-order chi connectivity index (χ1) is 12.5. The molecule has 0 bridgehead atoms. The minimum absolute atomic E-state index is 0.215. The number of hydrogen-bond acceptors (Lipinski definition) is 1. The van der Waals surface area contributed by atoms with Crippen LogP contribution in [0.25, 0.3) is 0 Å². The van der Waals surface area contributed by atoms with Crippen molar-refractivity contribution in [2.75, 3.05) is 0 Å². The molecule has 0 heterocycles. The molecule has 1 nitrogen and oxygen atoms in total. The standard InChI is InChI=1S/C21H42I2OSi4/c1-17(18-14-12-11-13-15-18)20(16-19(24)21(22)23)28(25(2,3)4,26(5,6)7)27(8,9)10/h11-15,17,19-21,24H,16H2,1-10H3/t17-,19+,20-/m1/s1. The lowest BCUT2D eigenvalue weighted by Gasteiger charge is -2.63. The van der Waals surface area contributed by atoms with Gasteiger partial charge in [0, 0.05) is 29.4 Å². The fourth-order valence-corrected chi connectivity index (χ4v) is 114. The molecule has 1 rings (SSSR count). The van der Waals surface area contributed by atoms with E-state index < -0.39 is 29.4 Å². The van der Waals surface area contributed by atoms with Gasteiger partial charge in [-0.05, 0) is 23.4 Å². The van der Waals surface area contributed by atoms with Crippen molar-refractivity contribution in [3.05, 3.63) is 35.9 Å². The van der Waals surface area contributed by atoms with Gasteiger partial charge in [-0.25, -0.2) is 0 Å². The van der Waals surface area contributed by atoms with Crippen LogP contribution in [0.5, 0.6) is 0 Å². The van der Waals surface area contributed by atoms with Crippen molar-refractivity contribution in [2.45, 2.75) is 91.8 Å². The summed E-state index contributed by atoms with van der Waals surface area (Å²) in [6, 6.07) is 11.2. The summed E-state index contributed by atoms with van der Waals surface area (Å²) in [7, 11) is -4.27. The molecule has 0 spiro atoms. The predicted octanol–water partition coefficient (Wildman–Crippen LogP) is 7.81. The molecule has 1 aromatic carbocycles. The molecule has 0 amide bonds. The Morgan fingerprint density at radius 1 is 0.786 bits per heavy atom. The highest BCUT2D eigenvalue weighted by Gasteiger charge is 2.65. The SMILES string of the molecule is C[C@H](c1ccccc1)[C@@H](C[C@H](O)C(I)I)[Si]([Si](C)(C)C)([Si](C)(C)C)[Si](C)(C)C. The van der Waals surface area contributed by atoms with E-state index in [1.165, 1.54) is 5.56 Å². The van der Waals surface area contributed by atoms with Crippen LogP contribution in [-0.2, 0) is 0 Å². The number of halogens is 2. The van der Waals surface area contributed by atoms with Gasteiger partial charge in [0.25, 0.3) is 0 Å². The monoisotopic (exact) mass is 676 g/mol. The predicted molar refractivity (Wildman–Crippen MR) is 157 cm³/mol. The second-order valence-corrected chi connectivity index (χ2v) is 57.5. The van der Waals surface area contributed by atoms with Gasteiger partial charge < -0.3 is 5.11 Å². The molecule has 0 unspecified atom stereocenters. The third kappa shape index (κ3) is 5.65. The molecular formula is C21H42I2OSi4. The van der Waals surface area contributed by atoms with Gasteiger partial charge >= 0.3 is 0 Å². The average Bonchev–Trinajstić information content (AvgIpc) is 2.50. The van der Waals surface area contributed by atoms with E-state index in [1.807, 2.05) is 0 Å². The summed E-state index contributed by atoms with van der Waals surface area (Å²) in [5, 5.41) is 11.1. The van der Waals surface area contributed by atoms with Gasteiger partial charge in [0.15, 0.2) is 0 Å². The average molecular weight is 677 g/mol. The Morgan fingerprint density at radius 3 is 1.50 bits per heavy atom. The highest BCUT2D eigenvalue weighted by atomic mass is 127. The number of alkyl halides is 2. The van der Waals surface area contributed by atoms with Crippen molar-refractivity contribution >= 4 is 74.6 Å². The molecule has 0 aliphatic rings. The Bertz CT molecular complexity index is 582. The number of benzene rings is 1. The Kier molecular flexibility index (Phi) is 9.81. The molecule has 28 heavy (non-hydrogen) atoms. The molecule has 162 valence electrons. The summed E-state index contributed by atoms with van der Waals surface area (Å²) < 4.78 is 0.275. The van der Waals surface area contributed by atoms with E-state index in [0.29, 0.717) is 11.5 Å². The second-order valence-electron chi connectivity index (χ2n) is 11.5. The highest BCUT2D eigenvalue weighted by molar-refractivity contribution is 14.2. The van der Waals surface area contributed by atoms with E-state index in [-0.39, 0.29) is 8.04 Å². The minimum Gasteiger partial charge on any atom is -0.391 e. The Morgan fingerprint density at radius 2 is 1.18 bits per heavy atom. The number of aliphatic hydroxyl groups excluding tert-OH is 1. The van der Waals surface area contributed by atoms with Gasteiger partial charge in [-0.3, -0.25) is 0 Å². The quantitative estimate of drug-likeness (QED) is 0.161. The lowest BCUT2D eigenvalue weighted by molar-refractivity contribution is 0.182. The van der Waals surface area contributed by atoms with Crippen molar-refractivity contribution in [3.8, 4) is 0 Å². The molecule has 0 radical (unpaired) electrons. The van der Waals surface area contributed by atoms with Crippen molar-refractivity contribution in [3.63, 3.8) is 0 Å². The zero-order valence-corrected chi connectivity index (χ0v) is 27.9. The van der Waals surface area contributed by atoms with Crippen LogP contribution < -0.4 is 0 Å². The van der Waals surface area contributed by atoms with Crippen LogP contribution in [0.15, 0.2) is 30.3 Å². The Balaban J connectivity index is 3.82. The topological polar surface area (TPSA) is 20.2 Å². The maximum atomic E-state index is 11.1. The summed E-state index contributed by atoms with van der Waals surface area (Å²) >= 11 is 4.83. The summed E-state index contributed by atoms with van der Waals surface area (Å²) in [5.74, 6) is 0.527. The van der Waals surface area contributed by atoms with E-state index in [4.69, 9.17) is 0 Å². The van der Waals surface area contributed by atoms with Crippen LogP contribution in [-0.4, -0.2) is 42.5 Å². The van der Waals surface area contributed by atoms with Gasteiger partial charge in [-0.15, -0.1) is 0 Å². The molecule has 0 aromatic heterocycles. The molecule has 1 N–H and O–H groups in total. The zero-order valence-electron chi connectivity index (χ0n) is 19.6. The summed E-state index contributed by atoms with van der Waals surface area (Å²) in [6.07, 6.45) is 0.769. The molecule has 0 aliphatic carbocycles. The van der Waals surface area contributed by atoms with E-state index in [0.717, 1.165) is 6.42 Å². The van der Waals surface area contributed by atoms with Gasteiger partial charge in [-0.1, -0.05) is 141 Å². The van der Waals surface area contributed by atoms with E-state index >= 15 is 0 Å². The van der Waals surface area contributed by atoms with E-state index in [9.17, 15) is 5.11 Å². The fourth-order valence-electron chi connectivity index (χ4n) is 7.15. The van der Waals surface area contributed by atoms with Crippen LogP contribution in [0.2, 0.25) is 64.5 Å². The first-order valence-electron chi connectivity index (χ1n) is 10.5. The van der Waals surface area contributed by atoms with Gasteiger partial charge in [0.1, 0.15) is 0 Å².